The number of fused-ring (bicyclic) bond motifs is 1. The Balaban J connectivity index is 1.15. The van der Waals surface area contributed by atoms with Crippen LogP contribution >= 0.6 is 0 Å². The largest absolute Gasteiger partial charge is 0.490 e. The van der Waals surface area contributed by atoms with Gasteiger partial charge in [-0.1, -0.05) is 48.5 Å². The van der Waals surface area contributed by atoms with Crippen LogP contribution in [0.25, 0.3) is 22.0 Å². The average Bonchev–Trinajstić information content (AvgIpc) is 3.28. The molecule has 5 rings (SSSR count). The highest BCUT2D eigenvalue weighted by Crippen LogP contribution is 2.27. The number of ether oxygens (including phenoxy) is 2. The van der Waals surface area contributed by atoms with Gasteiger partial charge in [-0.15, -0.1) is 0 Å². The van der Waals surface area contributed by atoms with Crippen molar-refractivity contribution < 1.29 is 9.47 Å². The molecular weight excluding hydrogens is 436 g/mol. The molecule has 0 fully saturated rings. The number of benzene rings is 3. The second-order valence-corrected chi connectivity index (χ2v) is 8.68. The molecule has 6 nitrogen and oxygen atoms in total. The molecule has 1 atom stereocenters. The highest BCUT2D eigenvalue weighted by molar-refractivity contribution is 5.86. The number of hydrogen-bond donors (Lipinski definition) is 2. The maximum Gasteiger partial charge on any atom is 0.138 e. The van der Waals surface area contributed by atoms with Crippen LogP contribution in [0.3, 0.4) is 0 Å². The predicted molar refractivity (Wildman–Crippen MR) is 138 cm³/mol. The fourth-order valence-electron chi connectivity index (χ4n) is 4.00. The zero-order chi connectivity index (χ0) is 24.0. The van der Waals surface area contributed by atoms with Gasteiger partial charge in [0.2, 0.25) is 0 Å². The number of hydrogen-bond acceptors (Lipinski definition) is 5. The molecule has 0 saturated carbocycles. The molecule has 176 valence electrons. The van der Waals surface area contributed by atoms with E-state index in [0.717, 1.165) is 44.6 Å². The second-order valence-electron chi connectivity index (χ2n) is 8.68. The molecule has 5 aromatic rings. The molecule has 0 saturated heterocycles. The Hall–Kier alpha value is -4.16. The summed E-state index contributed by atoms with van der Waals surface area (Å²) in [5.74, 6) is 1.54. The van der Waals surface area contributed by atoms with Crippen LogP contribution in [0, 0.1) is 6.92 Å². The summed E-state index contributed by atoms with van der Waals surface area (Å²) in [4.78, 5) is 4.36. The fraction of sp³-hybridized carbons (Fsp3) is 0.172. The van der Waals surface area contributed by atoms with E-state index < -0.39 is 0 Å². The Morgan fingerprint density at radius 3 is 2.49 bits per heavy atom. The van der Waals surface area contributed by atoms with Crippen molar-refractivity contribution >= 4 is 10.9 Å². The fourth-order valence-corrected chi connectivity index (χ4v) is 4.00. The number of rotatable bonds is 9. The summed E-state index contributed by atoms with van der Waals surface area (Å²) in [5.41, 5.74) is 12.7. The molecule has 0 amide bonds. The number of pyridine rings is 1. The first-order chi connectivity index (χ1) is 17.1. The first-order valence-electron chi connectivity index (χ1n) is 11.7. The van der Waals surface area contributed by atoms with Gasteiger partial charge in [-0.2, -0.15) is 5.10 Å². The molecule has 0 bridgehead atoms. The molecule has 0 aliphatic heterocycles. The molecule has 0 spiro atoms. The summed E-state index contributed by atoms with van der Waals surface area (Å²) in [6.07, 6.45) is 4.27. The summed E-state index contributed by atoms with van der Waals surface area (Å²) < 4.78 is 11.8. The summed E-state index contributed by atoms with van der Waals surface area (Å²) in [7, 11) is 0. The van der Waals surface area contributed by atoms with E-state index >= 15 is 0 Å². The third kappa shape index (κ3) is 5.67. The first kappa shape index (κ1) is 22.6. The molecule has 3 N–H and O–H groups in total. The highest BCUT2D eigenvalue weighted by atomic mass is 16.5. The van der Waals surface area contributed by atoms with Crippen LogP contribution in [-0.2, 0) is 13.0 Å². The normalized spacial score (nSPS) is 11.9. The molecule has 0 aliphatic carbocycles. The number of nitrogens with two attached hydrogens (primary N) is 1. The molecule has 0 radical (unpaired) electrons. The minimum absolute atomic E-state index is 0.139. The highest BCUT2D eigenvalue weighted by Gasteiger charge is 2.09. The summed E-state index contributed by atoms with van der Waals surface area (Å²) >= 11 is 0. The lowest BCUT2D eigenvalue weighted by molar-refractivity contribution is 0.286. The van der Waals surface area contributed by atoms with Crippen molar-refractivity contribution in [2.75, 3.05) is 6.61 Å². The molecule has 2 heterocycles. The van der Waals surface area contributed by atoms with Crippen molar-refractivity contribution in [2.24, 2.45) is 5.73 Å². The van der Waals surface area contributed by atoms with E-state index in [0.29, 0.717) is 25.4 Å². The topological polar surface area (TPSA) is 86.0 Å². The Morgan fingerprint density at radius 2 is 1.66 bits per heavy atom. The van der Waals surface area contributed by atoms with E-state index in [2.05, 4.69) is 45.5 Å². The van der Waals surface area contributed by atoms with E-state index in [-0.39, 0.29) is 6.04 Å². The van der Waals surface area contributed by atoms with Gasteiger partial charge in [-0.3, -0.25) is 10.1 Å². The van der Waals surface area contributed by atoms with Crippen LogP contribution in [0.2, 0.25) is 0 Å². The van der Waals surface area contributed by atoms with Crippen LogP contribution in [0.5, 0.6) is 11.5 Å². The number of H-pyrrole nitrogens is 1. The quantitative estimate of drug-likeness (QED) is 0.302. The average molecular weight is 465 g/mol. The van der Waals surface area contributed by atoms with Gasteiger partial charge in [0.15, 0.2) is 0 Å². The number of aromatic amines is 1. The zero-order valence-electron chi connectivity index (χ0n) is 19.6. The van der Waals surface area contributed by atoms with E-state index in [1.54, 1.807) is 6.20 Å². The van der Waals surface area contributed by atoms with Crippen molar-refractivity contribution in [3.05, 3.63) is 108 Å². The van der Waals surface area contributed by atoms with E-state index in [9.17, 15) is 0 Å². The Morgan fingerprint density at radius 1 is 0.829 bits per heavy atom. The molecule has 0 aliphatic rings. The van der Waals surface area contributed by atoms with Gasteiger partial charge in [0.1, 0.15) is 24.7 Å². The van der Waals surface area contributed by atoms with E-state index in [4.69, 9.17) is 15.2 Å². The summed E-state index contributed by atoms with van der Waals surface area (Å²) in [6.45, 7) is 2.97. The SMILES string of the molecule is Cc1[nH]nc2ccc(-c3cncc(OCC(N)Cc4ccc(OCc5ccccc5)cc4)c3)cc12. The molecule has 3 aromatic carbocycles. The third-order valence-corrected chi connectivity index (χ3v) is 5.92. The molecule has 1 unspecified atom stereocenters. The first-order valence-corrected chi connectivity index (χ1v) is 11.7. The lowest BCUT2D eigenvalue weighted by Gasteiger charge is -2.14. The minimum atomic E-state index is -0.139. The Kier molecular flexibility index (Phi) is 6.73. The smallest absolute Gasteiger partial charge is 0.138 e. The Bertz CT molecular complexity index is 1400. The predicted octanol–water partition coefficient (Wildman–Crippen LogP) is 5.46. The number of nitrogens with zero attached hydrogens (tertiary/aromatic N) is 2. The van der Waals surface area contributed by atoms with Crippen LogP contribution in [0.4, 0.5) is 0 Å². The second kappa shape index (κ2) is 10.4. The lowest BCUT2D eigenvalue weighted by atomic mass is 10.0. The number of aryl methyl sites for hydroxylation is 1. The van der Waals surface area contributed by atoms with Crippen LogP contribution in [0.15, 0.2) is 91.3 Å². The van der Waals surface area contributed by atoms with Gasteiger partial charge in [-0.25, -0.2) is 0 Å². The third-order valence-electron chi connectivity index (χ3n) is 5.92. The van der Waals surface area contributed by atoms with Gasteiger partial charge < -0.3 is 15.2 Å². The van der Waals surface area contributed by atoms with Gasteiger partial charge in [-0.05, 0) is 60.4 Å². The molecule has 6 heteroatoms. The summed E-state index contributed by atoms with van der Waals surface area (Å²) in [6, 6.07) is 26.2. The van der Waals surface area contributed by atoms with Gasteiger partial charge in [0, 0.05) is 28.9 Å². The monoisotopic (exact) mass is 464 g/mol. The van der Waals surface area contributed by atoms with Crippen molar-refractivity contribution in [3.63, 3.8) is 0 Å². The molecule has 35 heavy (non-hydrogen) atoms. The van der Waals surface area contributed by atoms with E-state index in [1.807, 2.05) is 61.7 Å². The van der Waals surface area contributed by atoms with Crippen LogP contribution < -0.4 is 15.2 Å². The van der Waals surface area contributed by atoms with Crippen molar-refractivity contribution in [1.82, 2.24) is 15.2 Å². The van der Waals surface area contributed by atoms with Crippen molar-refractivity contribution in [1.29, 1.82) is 0 Å². The Labute approximate surface area is 204 Å². The zero-order valence-corrected chi connectivity index (χ0v) is 19.6. The number of nitrogens with one attached hydrogen (secondary N) is 1. The van der Waals surface area contributed by atoms with Gasteiger partial charge in [0.25, 0.3) is 0 Å². The minimum Gasteiger partial charge on any atom is -0.490 e. The van der Waals surface area contributed by atoms with Crippen molar-refractivity contribution in [2.45, 2.75) is 26.0 Å². The maximum absolute atomic E-state index is 6.36. The number of aromatic nitrogens is 3. The van der Waals surface area contributed by atoms with Gasteiger partial charge >= 0.3 is 0 Å². The maximum atomic E-state index is 6.36. The van der Waals surface area contributed by atoms with Crippen LogP contribution in [-0.4, -0.2) is 27.8 Å². The molecular formula is C29H28N4O2. The molecule has 2 aromatic heterocycles. The lowest BCUT2D eigenvalue weighted by Crippen LogP contribution is -2.30. The van der Waals surface area contributed by atoms with Crippen molar-refractivity contribution in [3.8, 4) is 22.6 Å². The summed E-state index contributed by atoms with van der Waals surface area (Å²) in [5, 5.41) is 8.42. The van der Waals surface area contributed by atoms with Crippen LogP contribution in [0.1, 0.15) is 16.8 Å². The standard InChI is InChI=1S/C29H28N4O2/c1-20-28-15-23(9-12-29(28)33-32-20)24-14-27(17-31-16-24)35-19-25(30)13-21-7-10-26(11-8-21)34-18-22-5-3-2-4-6-22/h2-12,14-17,25H,13,18-19,30H2,1H3,(H,32,33). The van der Waals surface area contributed by atoms with Gasteiger partial charge in [0.05, 0.1) is 11.7 Å². The van der Waals surface area contributed by atoms with E-state index in [1.165, 1.54) is 0 Å².